The van der Waals surface area contributed by atoms with E-state index in [1.54, 1.807) is 6.92 Å². The fraction of sp³-hybridized carbons (Fsp3) is 0.519. The number of carboxylic acid groups (broad SMARTS) is 1. The molecule has 0 radical (unpaired) electrons. The van der Waals surface area contributed by atoms with E-state index in [1.807, 2.05) is 51.1 Å². The number of hydrogen-bond donors (Lipinski definition) is 2. The summed E-state index contributed by atoms with van der Waals surface area (Å²) in [6.45, 7) is 9.89. The molecule has 6 heteroatoms. The predicted molar refractivity (Wildman–Crippen MR) is 131 cm³/mol. The summed E-state index contributed by atoms with van der Waals surface area (Å²) in [5.74, 6) is -0.655. The van der Waals surface area contributed by atoms with Gasteiger partial charge in [0.05, 0.1) is 5.69 Å². The van der Waals surface area contributed by atoms with Gasteiger partial charge >= 0.3 is 5.97 Å². The first kappa shape index (κ1) is 24.7. The highest BCUT2D eigenvalue weighted by Gasteiger charge is 2.31. The SMILES string of the molecule is Cc1c(C(=O)NC2CCC(C)CC2)cc(=O)n(C(CC(C)(C)C)C(=O)O)c1-c1ccccc1. The Balaban J connectivity index is 2.12. The summed E-state index contributed by atoms with van der Waals surface area (Å²) >= 11 is 0. The van der Waals surface area contributed by atoms with Crippen molar-refractivity contribution in [3.63, 3.8) is 0 Å². The van der Waals surface area contributed by atoms with Gasteiger partial charge in [-0.3, -0.25) is 14.2 Å². The average molecular weight is 453 g/mol. The molecule has 0 saturated heterocycles. The van der Waals surface area contributed by atoms with Crippen molar-refractivity contribution in [3.05, 3.63) is 57.9 Å². The molecule has 1 aliphatic carbocycles. The second-order valence-corrected chi connectivity index (χ2v) is 10.7. The van der Waals surface area contributed by atoms with E-state index in [0.29, 0.717) is 28.3 Å². The first-order valence-electron chi connectivity index (χ1n) is 11.8. The lowest BCUT2D eigenvalue weighted by molar-refractivity contribution is -0.141. The van der Waals surface area contributed by atoms with Gasteiger partial charge in [-0.05, 0) is 61.5 Å². The van der Waals surface area contributed by atoms with Crippen LogP contribution in [0.15, 0.2) is 41.2 Å². The lowest BCUT2D eigenvalue weighted by Gasteiger charge is -2.29. The van der Waals surface area contributed by atoms with E-state index in [-0.39, 0.29) is 23.8 Å². The number of pyridine rings is 1. The van der Waals surface area contributed by atoms with Gasteiger partial charge in [-0.2, -0.15) is 0 Å². The summed E-state index contributed by atoms with van der Waals surface area (Å²) in [6, 6.07) is 9.62. The maximum absolute atomic E-state index is 13.4. The Morgan fingerprint density at radius 1 is 1.12 bits per heavy atom. The molecule has 1 atom stereocenters. The van der Waals surface area contributed by atoms with Gasteiger partial charge in [0.1, 0.15) is 6.04 Å². The Hall–Kier alpha value is -2.89. The molecule has 178 valence electrons. The van der Waals surface area contributed by atoms with Gasteiger partial charge in [-0.1, -0.05) is 58.0 Å². The molecule has 1 amide bonds. The maximum atomic E-state index is 13.4. The molecule has 2 N–H and O–H groups in total. The zero-order valence-corrected chi connectivity index (χ0v) is 20.4. The van der Waals surface area contributed by atoms with Gasteiger partial charge in [0.15, 0.2) is 0 Å². The minimum atomic E-state index is -1.06. The van der Waals surface area contributed by atoms with Crippen LogP contribution in [0.2, 0.25) is 0 Å². The number of nitrogens with one attached hydrogen (secondary N) is 1. The van der Waals surface area contributed by atoms with Crippen molar-refractivity contribution in [3.8, 4) is 11.3 Å². The molecule has 1 unspecified atom stereocenters. The molecular weight excluding hydrogens is 416 g/mol. The zero-order chi connectivity index (χ0) is 24.3. The number of rotatable bonds is 6. The Morgan fingerprint density at radius 2 is 1.73 bits per heavy atom. The molecule has 1 aliphatic rings. The third-order valence-corrected chi connectivity index (χ3v) is 6.55. The van der Waals surface area contributed by atoms with Crippen molar-refractivity contribution >= 4 is 11.9 Å². The Labute approximate surface area is 196 Å². The van der Waals surface area contributed by atoms with E-state index >= 15 is 0 Å². The van der Waals surface area contributed by atoms with Crippen molar-refractivity contribution in [1.82, 2.24) is 9.88 Å². The van der Waals surface area contributed by atoms with Crippen LogP contribution < -0.4 is 10.9 Å². The molecule has 1 saturated carbocycles. The summed E-state index contributed by atoms with van der Waals surface area (Å²) < 4.78 is 1.36. The normalized spacial score (nSPS) is 19.7. The van der Waals surface area contributed by atoms with Crippen LogP contribution in [0, 0.1) is 18.3 Å². The van der Waals surface area contributed by atoms with Crippen molar-refractivity contribution in [1.29, 1.82) is 0 Å². The number of benzene rings is 1. The lowest BCUT2D eigenvalue weighted by Crippen LogP contribution is -2.39. The third kappa shape index (κ3) is 5.92. The molecule has 1 fully saturated rings. The van der Waals surface area contributed by atoms with Gasteiger partial charge in [0, 0.05) is 17.7 Å². The minimum absolute atomic E-state index is 0.100. The predicted octanol–water partition coefficient (Wildman–Crippen LogP) is 5.19. The molecule has 6 nitrogen and oxygen atoms in total. The third-order valence-electron chi connectivity index (χ3n) is 6.55. The highest BCUT2D eigenvalue weighted by Crippen LogP contribution is 2.33. The van der Waals surface area contributed by atoms with Gasteiger partial charge in [-0.25, -0.2) is 4.79 Å². The Morgan fingerprint density at radius 3 is 2.27 bits per heavy atom. The van der Waals surface area contributed by atoms with E-state index in [0.717, 1.165) is 25.7 Å². The maximum Gasteiger partial charge on any atom is 0.326 e. The Bertz CT molecular complexity index is 1060. The van der Waals surface area contributed by atoms with Crippen LogP contribution in [0.4, 0.5) is 0 Å². The van der Waals surface area contributed by atoms with E-state index < -0.39 is 17.6 Å². The first-order valence-corrected chi connectivity index (χ1v) is 11.8. The lowest BCUT2D eigenvalue weighted by atomic mass is 9.87. The number of hydrogen-bond acceptors (Lipinski definition) is 3. The molecular formula is C27H36N2O4. The number of carbonyl (C=O) groups is 2. The molecule has 3 rings (SSSR count). The number of amides is 1. The van der Waals surface area contributed by atoms with Crippen LogP contribution in [-0.2, 0) is 4.79 Å². The van der Waals surface area contributed by atoms with Crippen molar-refractivity contribution < 1.29 is 14.7 Å². The summed E-state index contributed by atoms with van der Waals surface area (Å²) in [7, 11) is 0. The van der Waals surface area contributed by atoms with Gasteiger partial charge < -0.3 is 10.4 Å². The van der Waals surface area contributed by atoms with Crippen LogP contribution in [0.1, 0.15) is 81.8 Å². The monoisotopic (exact) mass is 452 g/mol. The average Bonchev–Trinajstić information content (AvgIpc) is 2.74. The summed E-state index contributed by atoms with van der Waals surface area (Å²) in [6.07, 6.45) is 4.30. The van der Waals surface area contributed by atoms with Crippen LogP contribution >= 0.6 is 0 Å². The number of nitrogens with zero attached hydrogens (tertiary/aromatic N) is 1. The largest absolute Gasteiger partial charge is 0.480 e. The van der Waals surface area contributed by atoms with Crippen LogP contribution in [-0.4, -0.2) is 27.6 Å². The summed E-state index contributed by atoms with van der Waals surface area (Å²) in [5.41, 5.74) is 1.35. The highest BCUT2D eigenvalue weighted by atomic mass is 16.4. The summed E-state index contributed by atoms with van der Waals surface area (Å²) in [4.78, 5) is 38.9. The Kier molecular flexibility index (Phi) is 7.45. The number of aromatic nitrogens is 1. The number of carboxylic acids is 1. The molecule has 33 heavy (non-hydrogen) atoms. The minimum Gasteiger partial charge on any atom is -0.480 e. The molecule has 1 heterocycles. The van der Waals surface area contributed by atoms with E-state index in [4.69, 9.17) is 0 Å². The van der Waals surface area contributed by atoms with Crippen molar-refractivity contribution in [2.24, 2.45) is 11.3 Å². The van der Waals surface area contributed by atoms with Gasteiger partial charge in [-0.15, -0.1) is 0 Å². The fourth-order valence-electron chi connectivity index (χ4n) is 4.75. The topological polar surface area (TPSA) is 88.4 Å². The molecule has 0 aliphatic heterocycles. The molecule has 1 aromatic heterocycles. The van der Waals surface area contributed by atoms with Crippen LogP contribution in [0.5, 0.6) is 0 Å². The van der Waals surface area contributed by atoms with E-state index in [1.165, 1.54) is 10.6 Å². The quantitative estimate of drug-likeness (QED) is 0.631. The van der Waals surface area contributed by atoms with Crippen molar-refractivity contribution in [2.75, 3.05) is 0 Å². The second-order valence-electron chi connectivity index (χ2n) is 10.7. The molecule has 2 aromatic rings. The van der Waals surface area contributed by atoms with Crippen molar-refractivity contribution in [2.45, 2.75) is 78.8 Å². The zero-order valence-electron chi connectivity index (χ0n) is 20.4. The van der Waals surface area contributed by atoms with Gasteiger partial charge in [0.2, 0.25) is 0 Å². The standard InChI is InChI=1S/C27H36N2O4/c1-17-11-13-20(14-12-17)28-25(31)21-15-23(30)29(22(26(32)33)16-27(3,4)5)24(18(21)2)19-9-7-6-8-10-19/h6-10,15,17,20,22H,11-14,16H2,1-5H3,(H,28,31)(H,32,33). The fourth-order valence-corrected chi connectivity index (χ4v) is 4.75. The second kappa shape index (κ2) is 9.94. The first-order chi connectivity index (χ1) is 15.5. The van der Waals surface area contributed by atoms with E-state index in [9.17, 15) is 19.5 Å². The smallest absolute Gasteiger partial charge is 0.326 e. The van der Waals surface area contributed by atoms with Crippen LogP contribution in [0.3, 0.4) is 0 Å². The molecule has 0 spiro atoms. The molecule has 0 bridgehead atoms. The summed E-state index contributed by atoms with van der Waals surface area (Å²) in [5, 5.41) is 13.2. The van der Waals surface area contributed by atoms with E-state index in [2.05, 4.69) is 12.2 Å². The van der Waals surface area contributed by atoms with Crippen LogP contribution in [0.25, 0.3) is 11.3 Å². The van der Waals surface area contributed by atoms with Gasteiger partial charge in [0.25, 0.3) is 11.5 Å². The number of aliphatic carboxylic acids is 1. The number of carbonyl (C=O) groups excluding carboxylic acids is 1. The molecule has 1 aromatic carbocycles. The highest BCUT2D eigenvalue weighted by molar-refractivity contribution is 5.97.